The summed E-state index contributed by atoms with van der Waals surface area (Å²) in [6.07, 6.45) is 0. The van der Waals surface area contributed by atoms with Crippen molar-refractivity contribution < 1.29 is 9.18 Å². The van der Waals surface area contributed by atoms with Crippen molar-refractivity contribution in [2.24, 2.45) is 7.05 Å². The lowest BCUT2D eigenvalue weighted by Crippen LogP contribution is -2.12. The molecular formula is C15H11ClFN5O. The van der Waals surface area contributed by atoms with Crippen molar-refractivity contribution in [1.29, 1.82) is 0 Å². The summed E-state index contributed by atoms with van der Waals surface area (Å²) in [6.45, 7) is 0. The number of anilines is 1. The summed E-state index contributed by atoms with van der Waals surface area (Å²) < 4.78 is 14.6. The van der Waals surface area contributed by atoms with Crippen LogP contribution in [0.25, 0.3) is 11.4 Å². The fraction of sp³-hybridized carbons (Fsp3) is 0.0667. The standard InChI is InChI=1S/C15H11ClFN5O/c1-22-14(19-20-21-22)9-3-2-4-11(7-9)18-15(23)12-6-5-10(17)8-13(12)16/h2-8H,1H3,(H,18,23). The van der Waals surface area contributed by atoms with E-state index in [2.05, 4.69) is 20.8 Å². The first kappa shape index (κ1) is 15.1. The van der Waals surface area contributed by atoms with E-state index in [9.17, 15) is 9.18 Å². The topological polar surface area (TPSA) is 72.7 Å². The maximum absolute atomic E-state index is 13.0. The Morgan fingerprint density at radius 2 is 2.09 bits per heavy atom. The van der Waals surface area contributed by atoms with Gasteiger partial charge in [-0.2, -0.15) is 0 Å². The predicted molar refractivity (Wildman–Crippen MR) is 83.6 cm³/mol. The molecule has 8 heteroatoms. The Balaban J connectivity index is 1.86. The number of carbonyl (C=O) groups excluding carboxylic acids is 1. The highest BCUT2D eigenvalue weighted by atomic mass is 35.5. The van der Waals surface area contributed by atoms with Crippen LogP contribution in [0, 0.1) is 5.82 Å². The summed E-state index contributed by atoms with van der Waals surface area (Å²) in [7, 11) is 1.72. The molecule has 2 aromatic carbocycles. The zero-order valence-corrected chi connectivity index (χ0v) is 12.8. The number of aromatic nitrogens is 4. The first-order chi connectivity index (χ1) is 11.0. The molecular weight excluding hydrogens is 321 g/mol. The molecule has 0 saturated carbocycles. The van der Waals surface area contributed by atoms with Crippen LogP contribution in [0.5, 0.6) is 0 Å². The van der Waals surface area contributed by atoms with Gasteiger partial charge >= 0.3 is 0 Å². The Labute approximate surface area is 135 Å². The van der Waals surface area contributed by atoms with Gasteiger partial charge in [-0.3, -0.25) is 4.79 Å². The molecule has 3 aromatic rings. The molecule has 0 saturated heterocycles. The lowest BCUT2D eigenvalue weighted by molar-refractivity contribution is 0.102. The molecule has 0 radical (unpaired) electrons. The number of carbonyl (C=O) groups is 1. The smallest absolute Gasteiger partial charge is 0.257 e. The van der Waals surface area contributed by atoms with Crippen LogP contribution in [-0.2, 0) is 7.05 Å². The van der Waals surface area contributed by atoms with Crippen LogP contribution in [0.3, 0.4) is 0 Å². The van der Waals surface area contributed by atoms with E-state index in [4.69, 9.17) is 11.6 Å². The second-order valence-corrected chi connectivity index (χ2v) is 5.19. The summed E-state index contributed by atoms with van der Waals surface area (Å²) in [5.74, 6) is -0.354. The minimum absolute atomic E-state index is 0.0520. The van der Waals surface area contributed by atoms with Crippen LogP contribution < -0.4 is 5.32 Å². The average Bonchev–Trinajstić information content (AvgIpc) is 2.93. The zero-order valence-electron chi connectivity index (χ0n) is 12.0. The van der Waals surface area contributed by atoms with Crippen molar-refractivity contribution in [3.63, 3.8) is 0 Å². The van der Waals surface area contributed by atoms with Gasteiger partial charge in [0.25, 0.3) is 5.91 Å². The van der Waals surface area contributed by atoms with E-state index in [1.165, 1.54) is 16.8 Å². The molecule has 1 heterocycles. The Bertz CT molecular complexity index is 880. The molecule has 1 N–H and O–H groups in total. The number of nitrogens with one attached hydrogen (secondary N) is 1. The molecule has 0 atom stereocenters. The average molecular weight is 332 g/mol. The van der Waals surface area contributed by atoms with Crippen LogP contribution in [0.4, 0.5) is 10.1 Å². The number of amides is 1. The van der Waals surface area contributed by atoms with E-state index < -0.39 is 11.7 Å². The third-order valence-electron chi connectivity index (χ3n) is 3.17. The molecule has 0 aliphatic heterocycles. The molecule has 3 rings (SSSR count). The van der Waals surface area contributed by atoms with Gasteiger partial charge in [0, 0.05) is 18.3 Å². The fourth-order valence-corrected chi connectivity index (χ4v) is 2.34. The number of hydrogen-bond donors (Lipinski definition) is 1. The Kier molecular flexibility index (Phi) is 4.03. The van der Waals surface area contributed by atoms with Gasteiger partial charge in [0.05, 0.1) is 10.6 Å². The third-order valence-corrected chi connectivity index (χ3v) is 3.49. The van der Waals surface area contributed by atoms with E-state index in [-0.39, 0.29) is 10.6 Å². The van der Waals surface area contributed by atoms with Crippen molar-refractivity contribution in [3.8, 4) is 11.4 Å². The van der Waals surface area contributed by atoms with Gasteiger partial charge in [-0.1, -0.05) is 23.7 Å². The summed E-state index contributed by atoms with van der Waals surface area (Å²) in [5, 5.41) is 14.0. The number of halogens is 2. The lowest BCUT2D eigenvalue weighted by atomic mass is 10.1. The van der Waals surface area contributed by atoms with Crippen molar-refractivity contribution in [1.82, 2.24) is 20.2 Å². The maximum Gasteiger partial charge on any atom is 0.257 e. The van der Waals surface area contributed by atoms with Gasteiger partial charge in [0.1, 0.15) is 5.82 Å². The van der Waals surface area contributed by atoms with E-state index >= 15 is 0 Å². The Hall–Kier alpha value is -2.80. The van der Waals surface area contributed by atoms with E-state index in [0.717, 1.165) is 11.6 Å². The van der Waals surface area contributed by atoms with Gasteiger partial charge < -0.3 is 5.32 Å². The third kappa shape index (κ3) is 3.19. The lowest BCUT2D eigenvalue weighted by Gasteiger charge is -2.08. The van der Waals surface area contributed by atoms with Crippen molar-refractivity contribution in [2.75, 3.05) is 5.32 Å². The second kappa shape index (κ2) is 6.13. The first-order valence-electron chi connectivity index (χ1n) is 6.64. The monoisotopic (exact) mass is 331 g/mol. The maximum atomic E-state index is 13.0. The summed E-state index contributed by atoms with van der Waals surface area (Å²) in [4.78, 5) is 12.2. The fourth-order valence-electron chi connectivity index (χ4n) is 2.08. The first-order valence-corrected chi connectivity index (χ1v) is 7.01. The number of tetrazole rings is 1. The number of aryl methyl sites for hydroxylation is 1. The molecule has 116 valence electrons. The van der Waals surface area contributed by atoms with Gasteiger partial charge in [0.2, 0.25) is 0 Å². The van der Waals surface area contributed by atoms with Crippen molar-refractivity contribution in [3.05, 3.63) is 58.9 Å². The molecule has 23 heavy (non-hydrogen) atoms. The molecule has 1 aromatic heterocycles. The molecule has 6 nitrogen and oxygen atoms in total. The van der Waals surface area contributed by atoms with Gasteiger partial charge in [-0.15, -0.1) is 5.10 Å². The van der Waals surface area contributed by atoms with Crippen molar-refractivity contribution >= 4 is 23.2 Å². The van der Waals surface area contributed by atoms with Crippen LogP contribution >= 0.6 is 11.6 Å². The normalized spacial score (nSPS) is 10.6. The molecule has 0 unspecified atom stereocenters. The second-order valence-electron chi connectivity index (χ2n) is 4.79. The highest BCUT2D eigenvalue weighted by Gasteiger charge is 2.12. The van der Waals surface area contributed by atoms with Gasteiger partial charge in [-0.25, -0.2) is 9.07 Å². The van der Waals surface area contributed by atoms with E-state index in [0.29, 0.717) is 11.5 Å². The highest BCUT2D eigenvalue weighted by Crippen LogP contribution is 2.22. The molecule has 1 amide bonds. The van der Waals surface area contributed by atoms with Gasteiger partial charge in [0.15, 0.2) is 5.82 Å². The van der Waals surface area contributed by atoms with Crippen LogP contribution in [0.2, 0.25) is 5.02 Å². The van der Waals surface area contributed by atoms with E-state index in [1.807, 2.05) is 6.07 Å². The van der Waals surface area contributed by atoms with Crippen LogP contribution in [0.15, 0.2) is 42.5 Å². The number of rotatable bonds is 3. The summed E-state index contributed by atoms with van der Waals surface area (Å²) in [5.41, 5.74) is 1.50. The number of nitrogens with zero attached hydrogens (tertiary/aromatic N) is 4. The number of benzene rings is 2. The van der Waals surface area contributed by atoms with Crippen LogP contribution in [-0.4, -0.2) is 26.1 Å². The SMILES string of the molecule is Cn1nnnc1-c1cccc(NC(=O)c2ccc(F)cc2Cl)c1. The van der Waals surface area contributed by atoms with Crippen LogP contribution in [0.1, 0.15) is 10.4 Å². The predicted octanol–water partition coefficient (Wildman–Crippen LogP) is 2.92. The van der Waals surface area contributed by atoms with Crippen molar-refractivity contribution in [2.45, 2.75) is 0 Å². The molecule has 0 fully saturated rings. The zero-order chi connectivity index (χ0) is 16.4. The minimum Gasteiger partial charge on any atom is -0.322 e. The molecule has 0 bridgehead atoms. The number of hydrogen-bond acceptors (Lipinski definition) is 4. The van der Waals surface area contributed by atoms with Gasteiger partial charge in [-0.05, 0) is 40.8 Å². The summed E-state index contributed by atoms with van der Waals surface area (Å²) >= 11 is 5.89. The minimum atomic E-state index is -0.497. The largest absolute Gasteiger partial charge is 0.322 e. The van der Waals surface area contributed by atoms with E-state index in [1.54, 1.807) is 25.2 Å². The quantitative estimate of drug-likeness (QED) is 0.801. The summed E-state index contributed by atoms with van der Waals surface area (Å²) in [6, 6.07) is 10.7. The molecule has 0 aliphatic rings. The Morgan fingerprint density at radius 1 is 1.26 bits per heavy atom. The Morgan fingerprint density at radius 3 is 2.78 bits per heavy atom. The molecule has 0 aliphatic carbocycles. The molecule has 0 spiro atoms. The highest BCUT2D eigenvalue weighted by molar-refractivity contribution is 6.34.